The van der Waals surface area contributed by atoms with Gasteiger partial charge in [-0.3, -0.25) is 4.79 Å². The minimum absolute atomic E-state index is 0.0334. The SMILES string of the molecule is Cc1c(Cc2c(F)cccc2F)ccc2[nH]c(C=O)nc12. The number of halogens is 2. The summed E-state index contributed by atoms with van der Waals surface area (Å²) in [6.45, 7) is 1.83. The van der Waals surface area contributed by atoms with Crippen LogP contribution in [0.1, 0.15) is 27.3 Å². The van der Waals surface area contributed by atoms with Crippen molar-refractivity contribution in [2.75, 3.05) is 0 Å². The van der Waals surface area contributed by atoms with Crippen LogP contribution in [0.4, 0.5) is 8.78 Å². The predicted molar refractivity (Wildman–Crippen MR) is 75.4 cm³/mol. The molecule has 0 saturated heterocycles. The monoisotopic (exact) mass is 286 g/mol. The second kappa shape index (κ2) is 5.09. The Morgan fingerprint density at radius 1 is 1.19 bits per heavy atom. The molecule has 0 saturated carbocycles. The molecule has 0 aliphatic rings. The van der Waals surface area contributed by atoms with Crippen LogP contribution in [0, 0.1) is 18.6 Å². The van der Waals surface area contributed by atoms with Crippen LogP contribution in [0.15, 0.2) is 30.3 Å². The van der Waals surface area contributed by atoms with E-state index in [4.69, 9.17) is 0 Å². The number of fused-ring (bicyclic) bond motifs is 1. The largest absolute Gasteiger partial charge is 0.336 e. The normalized spacial score (nSPS) is 11.0. The topological polar surface area (TPSA) is 45.8 Å². The molecule has 1 heterocycles. The highest BCUT2D eigenvalue weighted by atomic mass is 19.1. The van der Waals surface area contributed by atoms with Gasteiger partial charge in [-0.2, -0.15) is 0 Å². The fourth-order valence-corrected chi connectivity index (χ4v) is 2.41. The molecule has 106 valence electrons. The first-order valence-electron chi connectivity index (χ1n) is 6.46. The number of carbonyl (C=O) groups excluding carboxylic acids is 1. The second-order valence-corrected chi connectivity index (χ2v) is 4.86. The first-order valence-corrected chi connectivity index (χ1v) is 6.46. The van der Waals surface area contributed by atoms with Crippen LogP contribution in [-0.4, -0.2) is 16.3 Å². The molecule has 3 nitrogen and oxygen atoms in total. The Labute approximate surface area is 119 Å². The molecule has 2 aromatic carbocycles. The van der Waals surface area contributed by atoms with E-state index in [9.17, 15) is 13.6 Å². The summed E-state index contributed by atoms with van der Waals surface area (Å²) in [6.07, 6.45) is 0.777. The van der Waals surface area contributed by atoms with Crippen LogP contribution in [0.2, 0.25) is 0 Å². The highest BCUT2D eigenvalue weighted by Crippen LogP contribution is 2.24. The van der Waals surface area contributed by atoms with Gasteiger partial charge in [-0.15, -0.1) is 0 Å². The lowest BCUT2D eigenvalue weighted by atomic mass is 9.99. The molecule has 3 rings (SSSR count). The van der Waals surface area contributed by atoms with Gasteiger partial charge in [0.25, 0.3) is 0 Å². The number of nitrogens with one attached hydrogen (secondary N) is 1. The summed E-state index contributed by atoms with van der Waals surface area (Å²) in [5, 5.41) is 0. The average Bonchev–Trinajstić information content (AvgIpc) is 2.89. The van der Waals surface area contributed by atoms with Crippen LogP contribution < -0.4 is 0 Å². The molecule has 1 N–H and O–H groups in total. The summed E-state index contributed by atoms with van der Waals surface area (Å²) in [6, 6.07) is 7.37. The molecule has 0 unspecified atom stereocenters. The fraction of sp³-hybridized carbons (Fsp3) is 0.125. The molecule has 0 aliphatic heterocycles. The van der Waals surface area contributed by atoms with E-state index in [1.165, 1.54) is 18.2 Å². The van der Waals surface area contributed by atoms with Crippen LogP contribution in [-0.2, 0) is 6.42 Å². The standard InChI is InChI=1S/C16H12F2N2O/c1-9-10(7-11-12(17)3-2-4-13(11)18)5-6-14-16(9)20-15(8-21)19-14/h2-6,8H,7H2,1H3,(H,19,20). The number of aldehydes is 1. The molecular weight excluding hydrogens is 274 g/mol. The lowest BCUT2D eigenvalue weighted by molar-refractivity contribution is 0.111. The van der Waals surface area contributed by atoms with E-state index in [1.807, 2.05) is 6.92 Å². The van der Waals surface area contributed by atoms with Gasteiger partial charge in [0.15, 0.2) is 12.1 Å². The molecule has 0 bridgehead atoms. The fourth-order valence-electron chi connectivity index (χ4n) is 2.41. The maximum absolute atomic E-state index is 13.7. The van der Waals surface area contributed by atoms with E-state index in [2.05, 4.69) is 9.97 Å². The van der Waals surface area contributed by atoms with Crippen molar-refractivity contribution in [3.8, 4) is 0 Å². The number of H-pyrrole nitrogens is 1. The van der Waals surface area contributed by atoms with Crippen molar-refractivity contribution in [3.63, 3.8) is 0 Å². The first-order chi connectivity index (χ1) is 10.1. The summed E-state index contributed by atoms with van der Waals surface area (Å²) < 4.78 is 27.5. The molecule has 0 radical (unpaired) electrons. The summed E-state index contributed by atoms with van der Waals surface area (Å²) in [5.41, 5.74) is 2.99. The van der Waals surface area contributed by atoms with Gasteiger partial charge in [-0.05, 0) is 36.2 Å². The number of aromatic nitrogens is 2. The van der Waals surface area contributed by atoms with Gasteiger partial charge >= 0.3 is 0 Å². The quantitative estimate of drug-likeness (QED) is 0.748. The lowest BCUT2D eigenvalue weighted by Crippen LogP contribution is -1.99. The van der Waals surface area contributed by atoms with Crippen LogP contribution in [0.3, 0.4) is 0 Å². The smallest absolute Gasteiger partial charge is 0.185 e. The number of nitrogens with zero attached hydrogens (tertiary/aromatic N) is 1. The Hall–Kier alpha value is -2.56. The van der Waals surface area contributed by atoms with Crippen molar-refractivity contribution in [1.29, 1.82) is 0 Å². The highest BCUT2D eigenvalue weighted by Gasteiger charge is 2.13. The Kier molecular flexibility index (Phi) is 3.25. The number of aromatic amines is 1. The summed E-state index contributed by atoms with van der Waals surface area (Å²) in [7, 11) is 0. The third-order valence-corrected chi connectivity index (χ3v) is 3.58. The molecule has 5 heteroatoms. The van der Waals surface area contributed by atoms with E-state index in [0.717, 1.165) is 16.6 Å². The zero-order chi connectivity index (χ0) is 15.0. The van der Waals surface area contributed by atoms with Crippen molar-refractivity contribution < 1.29 is 13.6 Å². The van der Waals surface area contributed by atoms with Gasteiger partial charge in [-0.25, -0.2) is 13.8 Å². The van der Waals surface area contributed by atoms with Gasteiger partial charge < -0.3 is 4.98 Å². The van der Waals surface area contributed by atoms with Crippen molar-refractivity contribution in [1.82, 2.24) is 9.97 Å². The van der Waals surface area contributed by atoms with Crippen molar-refractivity contribution in [2.24, 2.45) is 0 Å². The molecule has 1 aromatic heterocycles. The molecule has 0 aliphatic carbocycles. The number of benzene rings is 2. The zero-order valence-corrected chi connectivity index (χ0v) is 11.3. The molecule has 21 heavy (non-hydrogen) atoms. The third-order valence-electron chi connectivity index (χ3n) is 3.58. The van der Waals surface area contributed by atoms with Crippen molar-refractivity contribution >= 4 is 17.3 Å². The van der Waals surface area contributed by atoms with Gasteiger partial charge in [0, 0.05) is 12.0 Å². The Balaban J connectivity index is 2.09. The minimum Gasteiger partial charge on any atom is -0.336 e. The van der Waals surface area contributed by atoms with E-state index < -0.39 is 11.6 Å². The van der Waals surface area contributed by atoms with Crippen molar-refractivity contribution in [2.45, 2.75) is 13.3 Å². The molecule has 0 amide bonds. The van der Waals surface area contributed by atoms with E-state index in [-0.39, 0.29) is 17.8 Å². The lowest BCUT2D eigenvalue weighted by Gasteiger charge is -2.08. The maximum Gasteiger partial charge on any atom is 0.185 e. The van der Waals surface area contributed by atoms with Gasteiger partial charge in [0.05, 0.1) is 11.0 Å². The third kappa shape index (κ3) is 2.31. The maximum atomic E-state index is 13.7. The average molecular weight is 286 g/mol. The second-order valence-electron chi connectivity index (χ2n) is 4.86. The van der Waals surface area contributed by atoms with Crippen LogP contribution in [0.5, 0.6) is 0 Å². The Bertz CT molecular complexity index is 819. The van der Waals surface area contributed by atoms with Gasteiger partial charge in [-0.1, -0.05) is 12.1 Å². The number of hydrogen-bond acceptors (Lipinski definition) is 2. The van der Waals surface area contributed by atoms with Crippen LogP contribution in [0.25, 0.3) is 11.0 Å². The Morgan fingerprint density at radius 2 is 1.90 bits per heavy atom. The predicted octanol–water partition coefficient (Wildman–Crippen LogP) is 3.55. The molecule has 3 aromatic rings. The number of hydrogen-bond donors (Lipinski definition) is 1. The number of aryl methyl sites for hydroxylation is 1. The van der Waals surface area contributed by atoms with Gasteiger partial charge in [0.2, 0.25) is 0 Å². The summed E-state index contributed by atoms with van der Waals surface area (Å²) >= 11 is 0. The number of rotatable bonds is 3. The molecule has 0 fully saturated rings. The number of carbonyl (C=O) groups is 1. The number of imidazole rings is 1. The molecule has 0 atom stereocenters. The first kappa shape index (κ1) is 13.4. The van der Waals surface area contributed by atoms with Gasteiger partial charge in [0.1, 0.15) is 11.6 Å². The summed E-state index contributed by atoms with van der Waals surface area (Å²) in [4.78, 5) is 17.8. The van der Waals surface area contributed by atoms with E-state index in [0.29, 0.717) is 11.8 Å². The van der Waals surface area contributed by atoms with E-state index in [1.54, 1.807) is 12.1 Å². The molecular formula is C16H12F2N2O. The van der Waals surface area contributed by atoms with Crippen molar-refractivity contribution in [3.05, 3.63) is 64.5 Å². The minimum atomic E-state index is -0.565. The highest BCUT2D eigenvalue weighted by molar-refractivity contribution is 5.85. The Morgan fingerprint density at radius 3 is 2.57 bits per heavy atom. The molecule has 0 spiro atoms. The van der Waals surface area contributed by atoms with E-state index >= 15 is 0 Å². The summed E-state index contributed by atoms with van der Waals surface area (Å²) in [5.74, 6) is -0.891. The zero-order valence-electron chi connectivity index (χ0n) is 11.3. The van der Waals surface area contributed by atoms with Crippen LogP contribution >= 0.6 is 0 Å².